The van der Waals surface area contributed by atoms with E-state index in [1.807, 2.05) is 0 Å². The van der Waals surface area contributed by atoms with Crippen molar-refractivity contribution in [1.29, 1.82) is 0 Å². The van der Waals surface area contributed by atoms with Gasteiger partial charge in [-0.2, -0.15) is 0 Å². The molecule has 0 aromatic heterocycles. The highest BCUT2D eigenvalue weighted by atomic mass is 16.4. The first-order valence-corrected chi connectivity index (χ1v) is 16.8. The molecule has 2 fully saturated rings. The number of rotatable bonds is 16. The van der Waals surface area contributed by atoms with Gasteiger partial charge in [0.05, 0.1) is 0 Å². The summed E-state index contributed by atoms with van der Waals surface area (Å²) in [4.78, 5) is 12.1. The fraction of sp³-hybridized carbons (Fsp3) is 0.605. The first kappa shape index (κ1) is 31.5. The Morgan fingerprint density at radius 1 is 0.829 bits per heavy atom. The van der Waals surface area contributed by atoms with E-state index in [0.29, 0.717) is 30.2 Å². The third-order valence-electron chi connectivity index (χ3n) is 10.3. The molecule has 0 aliphatic heterocycles. The van der Waals surface area contributed by atoms with E-state index >= 15 is 0 Å². The molecular weight excluding hydrogens is 502 g/mol. The Morgan fingerprint density at radius 2 is 1.51 bits per heavy atom. The van der Waals surface area contributed by atoms with Gasteiger partial charge in [-0.1, -0.05) is 105 Å². The minimum absolute atomic E-state index is 0.204. The van der Waals surface area contributed by atoms with Crippen molar-refractivity contribution in [2.24, 2.45) is 41.2 Å². The van der Waals surface area contributed by atoms with Gasteiger partial charge in [-0.3, -0.25) is 4.79 Å². The van der Waals surface area contributed by atoms with Gasteiger partial charge in [0.15, 0.2) is 0 Å². The molecule has 0 bridgehead atoms. The van der Waals surface area contributed by atoms with Crippen LogP contribution >= 0.6 is 0 Å². The lowest BCUT2D eigenvalue weighted by atomic mass is 9.61. The molecule has 5 atom stereocenters. The van der Waals surface area contributed by atoms with Crippen LogP contribution in [0.5, 0.6) is 0 Å². The Bertz CT molecular complexity index is 1010. The molecule has 3 N–H and O–H groups in total. The summed E-state index contributed by atoms with van der Waals surface area (Å²) in [6.45, 7) is 0.644. The second-order valence-electron chi connectivity index (χ2n) is 13.2. The van der Waals surface area contributed by atoms with Gasteiger partial charge in [0.25, 0.3) is 0 Å². The molecule has 41 heavy (non-hydrogen) atoms. The number of nitrogens with two attached hydrogens (primary N) is 1. The normalized spacial score (nSPS) is 24.4. The van der Waals surface area contributed by atoms with Crippen molar-refractivity contribution >= 4 is 5.97 Å². The summed E-state index contributed by atoms with van der Waals surface area (Å²) in [5, 5.41) is 9.93. The zero-order valence-electron chi connectivity index (χ0n) is 25.3. The maximum atomic E-state index is 12.1. The van der Waals surface area contributed by atoms with E-state index in [1.165, 1.54) is 75.3 Å². The Kier molecular flexibility index (Phi) is 13.5. The van der Waals surface area contributed by atoms with Gasteiger partial charge in [0.2, 0.25) is 0 Å². The van der Waals surface area contributed by atoms with Crippen molar-refractivity contribution in [1.82, 2.24) is 0 Å². The molecular formula is C38H55NO2. The van der Waals surface area contributed by atoms with Gasteiger partial charge in [0, 0.05) is 6.42 Å². The number of hydrogen-bond acceptors (Lipinski definition) is 2. The molecule has 0 amide bonds. The molecule has 2 aromatic rings. The molecule has 0 spiro atoms. The van der Waals surface area contributed by atoms with Gasteiger partial charge in [-0.25, -0.2) is 0 Å². The SMILES string of the molecule is NCCC1C(CC(CC=CCCC2CCCCC2)CCc2ccccc2)CCC(Cc2ccccc2)C1CC(=O)O. The Labute approximate surface area is 250 Å². The zero-order chi connectivity index (χ0) is 28.7. The number of benzene rings is 2. The highest BCUT2D eigenvalue weighted by Crippen LogP contribution is 2.46. The fourth-order valence-corrected chi connectivity index (χ4v) is 8.17. The molecule has 5 unspecified atom stereocenters. The lowest BCUT2D eigenvalue weighted by molar-refractivity contribution is -0.140. The number of carboxylic acids is 1. The van der Waals surface area contributed by atoms with Crippen LogP contribution < -0.4 is 5.73 Å². The summed E-state index contributed by atoms with van der Waals surface area (Å²) >= 11 is 0. The number of carboxylic acid groups (broad SMARTS) is 1. The molecule has 224 valence electrons. The number of aryl methyl sites for hydroxylation is 1. The van der Waals surface area contributed by atoms with Crippen molar-refractivity contribution in [2.45, 2.75) is 103 Å². The van der Waals surface area contributed by atoms with E-state index in [0.717, 1.165) is 38.0 Å². The quantitative estimate of drug-likeness (QED) is 0.202. The zero-order valence-corrected chi connectivity index (χ0v) is 25.3. The summed E-state index contributed by atoms with van der Waals surface area (Å²) in [6.07, 6.45) is 23.8. The van der Waals surface area contributed by atoms with Crippen molar-refractivity contribution in [3.63, 3.8) is 0 Å². The monoisotopic (exact) mass is 557 g/mol. The van der Waals surface area contributed by atoms with E-state index in [9.17, 15) is 9.90 Å². The van der Waals surface area contributed by atoms with Gasteiger partial charge in [-0.15, -0.1) is 0 Å². The van der Waals surface area contributed by atoms with Crippen molar-refractivity contribution in [3.05, 3.63) is 83.9 Å². The van der Waals surface area contributed by atoms with E-state index in [4.69, 9.17) is 5.73 Å². The highest BCUT2D eigenvalue weighted by Gasteiger charge is 2.40. The minimum atomic E-state index is -0.655. The Balaban J connectivity index is 1.42. The molecule has 3 heteroatoms. The number of carbonyl (C=O) groups is 1. The standard InChI is InChI=1S/C38H55NO2/c39-26-25-36-34(23-24-35(37(36)29-38(40)41)27-32-18-10-4-11-19-32)28-33(22-21-31-16-8-2-9-17-31)20-12-3-7-15-30-13-5-1-6-14-30/h2-4,8-12,16-19,30,33-37H,1,5-7,13-15,20-29,39H2,(H,40,41). The van der Waals surface area contributed by atoms with Crippen LogP contribution in [0.1, 0.15) is 101 Å². The first-order valence-electron chi connectivity index (χ1n) is 16.8. The molecule has 2 aliphatic carbocycles. The van der Waals surface area contributed by atoms with Crippen molar-refractivity contribution < 1.29 is 9.90 Å². The van der Waals surface area contributed by atoms with Gasteiger partial charge >= 0.3 is 5.97 Å². The number of hydrogen-bond donors (Lipinski definition) is 2. The largest absolute Gasteiger partial charge is 0.481 e. The number of allylic oxidation sites excluding steroid dienone is 2. The third-order valence-corrected chi connectivity index (χ3v) is 10.3. The molecule has 2 aromatic carbocycles. The smallest absolute Gasteiger partial charge is 0.303 e. The lowest BCUT2D eigenvalue weighted by Crippen LogP contribution is -2.39. The van der Waals surface area contributed by atoms with Crippen LogP contribution in [0.4, 0.5) is 0 Å². The lowest BCUT2D eigenvalue weighted by Gasteiger charge is -2.44. The summed E-state index contributed by atoms with van der Waals surface area (Å²) in [5.74, 6) is 2.50. The number of aliphatic carboxylic acids is 1. The van der Waals surface area contributed by atoms with Crippen LogP contribution in [0.25, 0.3) is 0 Å². The summed E-state index contributed by atoms with van der Waals surface area (Å²) < 4.78 is 0. The summed E-state index contributed by atoms with van der Waals surface area (Å²) in [5.41, 5.74) is 8.95. The average Bonchev–Trinajstić information content (AvgIpc) is 2.99. The van der Waals surface area contributed by atoms with Crippen LogP contribution in [0.2, 0.25) is 0 Å². The average molecular weight is 558 g/mol. The van der Waals surface area contributed by atoms with Crippen molar-refractivity contribution in [3.8, 4) is 0 Å². The van der Waals surface area contributed by atoms with Crippen LogP contribution in [0.15, 0.2) is 72.8 Å². The molecule has 0 saturated heterocycles. The molecule has 4 rings (SSSR count). The maximum absolute atomic E-state index is 12.1. The third kappa shape index (κ3) is 10.7. The maximum Gasteiger partial charge on any atom is 0.303 e. The molecule has 0 radical (unpaired) electrons. The van der Waals surface area contributed by atoms with Crippen LogP contribution in [-0.2, 0) is 17.6 Å². The molecule has 2 aliphatic rings. The molecule has 3 nitrogen and oxygen atoms in total. The second-order valence-corrected chi connectivity index (χ2v) is 13.2. The molecule has 2 saturated carbocycles. The van der Waals surface area contributed by atoms with E-state index in [-0.39, 0.29) is 12.3 Å². The molecule has 0 heterocycles. The predicted octanol–water partition coefficient (Wildman–Crippen LogP) is 9.26. The van der Waals surface area contributed by atoms with Crippen LogP contribution in [0.3, 0.4) is 0 Å². The van der Waals surface area contributed by atoms with Gasteiger partial charge in [-0.05, 0) is 117 Å². The minimum Gasteiger partial charge on any atom is -0.481 e. The first-order chi connectivity index (χ1) is 20.1. The summed E-state index contributed by atoms with van der Waals surface area (Å²) in [7, 11) is 0. The van der Waals surface area contributed by atoms with E-state index in [1.54, 1.807) is 0 Å². The van der Waals surface area contributed by atoms with Crippen molar-refractivity contribution in [2.75, 3.05) is 6.54 Å². The Hall–Kier alpha value is -2.39. The fourth-order valence-electron chi connectivity index (χ4n) is 8.17. The van der Waals surface area contributed by atoms with Crippen LogP contribution in [-0.4, -0.2) is 17.6 Å². The van der Waals surface area contributed by atoms with Gasteiger partial charge in [0.1, 0.15) is 0 Å². The van der Waals surface area contributed by atoms with Gasteiger partial charge < -0.3 is 10.8 Å². The summed E-state index contributed by atoms with van der Waals surface area (Å²) in [6, 6.07) is 21.6. The predicted molar refractivity (Wildman–Crippen MR) is 172 cm³/mol. The van der Waals surface area contributed by atoms with E-state index in [2.05, 4.69) is 72.8 Å². The van der Waals surface area contributed by atoms with E-state index < -0.39 is 5.97 Å². The Morgan fingerprint density at radius 3 is 2.20 bits per heavy atom. The van der Waals surface area contributed by atoms with Crippen LogP contribution in [0, 0.1) is 35.5 Å². The highest BCUT2D eigenvalue weighted by molar-refractivity contribution is 5.67. The topological polar surface area (TPSA) is 63.3 Å². The second kappa shape index (κ2) is 17.5.